The molecule has 0 saturated carbocycles. The van der Waals surface area contributed by atoms with Crippen molar-refractivity contribution in [2.45, 2.75) is 24.1 Å². The Morgan fingerprint density at radius 1 is 1.45 bits per heavy atom. The smallest absolute Gasteiger partial charge is 0.334 e. The van der Waals surface area contributed by atoms with E-state index in [2.05, 4.69) is 15.9 Å². The van der Waals surface area contributed by atoms with Crippen LogP contribution in [-0.4, -0.2) is 17.4 Å². The van der Waals surface area contributed by atoms with Gasteiger partial charge in [-0.1, -0.05) is 21.5 Å². The molecule has 0 aromatic heterocycles. The summed E-state index contributed by atoms with van der Waals surface area (Å²) in [5, 5.41) is 0. The lowest BCUT2D eigenvalue weighted by atomic mass is 10.1. The van der Waals surface area contributed by atoms with Crippen LogP contribution in [0, 0.1) is 0 Å². The van der Waals surface area contributed by atoms with E-state index in [1.165, 1.54) is 5.57 Å². The van der Waals surface area contributed by atoms with Crippen molar-refractivity contribution in [1.82, 2.24) is 0 Å². The molecule has 1 aliphatic heterocycles. The minimum atomic E-state index is -0.0896. The number of halogens is 1. The Bertz CT molecular complexity index is 232. The van der Waals surface area contributed by atoms with E-state index in [9.17, 15) is 4.79 Å². The summed E-state index contributed by atoms with van der Waals surface area (Å²) in [6.07, 6.45) is 2.84. The summed E-state index contributed by atoms with van der Waals surface area (Å²) in [4.78, 5) is 11.6. The van der Waals surface area contributed by atoms with E-state index in [1.807, 2.05) is 0 Å². The first kappa shape index (κ1) is 7.35. The van der Waals surface area contributed by atoms with Crippen LogP contribution in [0.3, 0.4) is 0 Å². The third-order valence-corrected chi connectivity index (χ3v) is 2.85. The third kappa shape index (κ3) is 1.22. The van der Waals surface area contributed by atoms with Gasteiger partial charge in [0.25, 0.3) is 0 Å². The number of hydrogen-bond acceptors (Lipinski definition) is 2. The maximum Gasteiger partial charge on any atom is 0.334 e. The monoisotopic (exact) mass is 216 g/mol. The normalized spacial score (nSPS) is 30.3. The molecule has 0 aromatic carbocycles. The first-order chi connectivity index (χ1) is 5.27. The average molecular weight is 217 g/mol. The molecule has 2 nitrogen and oxygen atoms in total. The molecule has 1 heterocycles. The maximum atomic E-state index is 11.1. The van der Waals surface area contributed by atoms with Crippen molar-refractivity contribution in [3.05, 3.63) is 11.1 Å². The first-order valence-electron chi connectivity index (χ1n) is 3.79. The van der Waals surface area contributed by atoms with Crippen LogP contribution in [0.25, 0.3) is 0 Å². The van der Waals surface area contributed by atoms with E-state index < -0.39 is 0 Å². The summed E-state index contributed by atoms with van der Waals surface area (Å²) < 4.78 is 4.92. The maximum absolute atomic E-state index is 11.1. The quantitative estimate of drug-likeness (QED) is 0.456. The molecule has 60 valence electrons. The molecule has 1 unspecified atom stereocenters. The number of carbonyl (C=O) groups is 1. The van der Waals surface area contributed by atoms with Crippen molar-refractivity contribution in [3.63, 3.8) is 0 Å². The largest absolute Gasteiger partial charge is 0.462 e. The lowest BCUT2D eigenvalue weighted by molar-refractivity contribution is -0.140. The second-order valence-electron chi connectivity index (χ2n) is 2.97. The molecule has 0 aromatic rings. The summed E-state index contributed by atoms with van der Waals surface area (Å²) in [6.45, 7) is 0.581. The van der Waals surface area contributed by atoms with Gasteiger partial charge in [-0.3, -0.25) is 0 Å². The van der Waals surface area contributed by atoms with Crippen molar-refractivity contribution < 1.29 is 9.53 Å². The number of esters is 1. The van der Waals surface area contributed by atoms with Gasteiger partial charge in [0.2, 0.25) is 0 Å². The number of carbonyl (C=O) groups excluding carboxylic acids is 1. The van der Waals surface area contributed by atoms with Crippen molar-refractivity contribution >= 4 is 21.9 Å². The van der Waals surface area contributed by atoms with Gasteiger partial charge in [0, 0.05) is 16.8 Å². The van der Waals surface area contributed by atoms with E-state index in [0.29, 0.717) is 11.4 Å². The van der Waals surface area contributed by atoms with Crippen LogP contribution in [0.2, 0.25) is 0 Å². The molecule has 3 heteroatoms. The Morgan fingerprint density at radius 2 is 2.27 bits per heavy atom. The van der Waals surface area contributed by atoms with Gasteiger partial charge < -0.3 is 4.74 Å². The van der Waals surface area contributed by atoms with E-state index in [-0.39, 0.29) is 5.97 Å². The van der Waals surface area contributed by atoms with E-state index in [0.717, 1.165) is 24.8 Å². The molecule has 2 aliphatic rings. The molecular formula is C8H9BrO2. The zero-order valence-corrected chi connectivity index (χ0v) is 7.69. The van der Waals surface area contributed by atoms with Crippen LogP contribution >= 0.6 is 15.9 Å². The van der Waals surface area contributed by atoms with Crippen LogP contribution in [0.1, 0.15) is 19.3 Å². The van der Waals surface area contributed by atoms with Crippen LogP contribution in [-0.2, 0) is 9.53 Å². The summed E-state index contributed by atoms with van der Waals surface area (Å²) in [7, 11) is 0. The van der Waals surface area contributed by atoms with Crippen LogP contribution in [0.4, 0.5) is 0 Å². The van der Waals surface area contributed by atoms with E-state index >= 15 is 0 Å². The third-order valence-electron chi connectivity index (χ3n) is 2.20. The Balaban J connectivity index is 2.25. The molecule has 0 bridgehead atoms. The fourth-order valence-electron chi connectivity index (χ4n) is 1.66. The number of alkyl halides is 1. The predicted octanol–water partition coefficient (Wildman–Crippen LogP) is 1.79. The van der Waals surface area contributed by atoms with Crippen molar-refractivity contribution in [2.75, 3.05) is 6.61 Å². The SMILES string of the molecule is O=C1OCCC2=C1CC(Br)C2. The highest BCUT2D eigenvalue weighted by Gasteiger charge is 2.30. The highest BCUT2D eigenvalue weighted by Crippen LogP contribution is 2.35. The van der Waals surface area contributed by atoms with Crippen LogP contribution < -0.4 is 0 Å². The van der Waals surface area contributed by atoms with Crippen LogP contribution in [0.15, 0.2) is 11.1 Å². The molecule has 0 fully saturated rings. The summed E-state index contributed by atoms with van der Waals surface area (Å²) in [5.74, 6) is -0.0896. The van der Waals surface area contributed by atoms with Gasteiger partial charge >= 0.3 is 5.97 Å². The predicted molar refractivity (Wildman–Crippen MR) is 44.6 cm³/mol. The zero-order valence-electron chi connectivity index (χ0n) is 6.10. The number of cyclic esters (lactones) is 1. The van der Waals surface area contributed by atoms with Crippen molar-refractivity contribution in [2.24, 2.45) is 0 Å². The summed E-state index contributed by atoms with van der Waals surface area (Å²) >= 11 is 3.51. The van der Waals surface area contributed by atoms with Gasteiger partial charge in [-0.25, -0.2) is 4.79 Å². The van der Waals surface area contributed by atoms with Gasteiger partial charge in [-0.2, -0.15) is 0 Å². The molecule has 1 atom stereocenters. The molecule has 0 N–H and O–H groups in total. The highest BCUT2D eigenvalue weighted by atomic mass is 79.9. The number of rotatable bonds is 0. The van der Waals surface area contributed by atoms with Gasteiger partial charge in [0.05, 0.1) is 6.61 Å². The van der Waals surface area contributed by atoms with Gasteiger partial charge in [0.1, 0.15) is 0 Å². The van der Waals surface area contributed by atoms with Crippen molar-refractivity contribution in [3.8, 4) is 0 Å². The minimum absolute atomic E-state index is 0.0896. The Hall–Kier alpha value is -0.310. The topological polar surface area (TPSA) is 26.3 Å². The molecule has 0 spiro atoms. The Labute approximate surface area is 73.7 Å². The molecule has 1 aliphatic carbocycles. The second kappa shape index (κ2) is 2.63. The highest BCUT2D eigenvalue weighted by molar-refractivity contribution is 9.09. The van der Waals surface area contributed by atoms with Crippen LogP contribution in [0.5, 0.6) is 0 Å². The minimum Gasteiger partial charge on any atom is -0.462 e. The average Bonchev–Trinajstić information content (AvgIpc) is 2.31. The van der Waals surface area contributed by atoms with E-state index in [4.69, 9.17) is 4.74 Å². The second-order valence-corrected chi connectivity index (χ2v) is 4.27. The Morgan fingerprint density at radius 3 is 3.00 bits per heavy atom. The zero-order chi connectivity index (χ0) is 7.84. The fraction of sp³-hybridized carbons (Fsp3) is 0.625. The molecule has 0 radical (unpaired) electrons. The molecule has 11 heavy (non-hydrogen) atoms. The van der Waals surface area contributed by atoms with Gasteiger partial charge in [-0.05, 0) is 12.8 Å². The number of ether oxygens (including phenoxy) is 1. The van der Waals surface area contributed by atoms with Gasteiger partial charge in [0.15, 0.2) is 0 Å². The van der Waals surface area contributed by atoms with E-state index in [1.54, 1.807) is 0 Å². The molecule has 0 amide bonds. The lowest BCUT2D eigenvalue weighted by Gasteiger charge is -2.12. The Kier molecular flexibility index (Phi) is 1.75. The number of hydrogen-bond donors (Lipinski definition) is 0. The molecular weight excluding hydrogens is 208 g/mol. The molecule has 0 saturated heterocycles. The first-order valence-corrected chi connectivity index (χ1v) is 4.71. The lowest BCUT2D eigenvalue weighted by Crippen LogP contribution is -2.14. The fourth-order valence-corrected chi connectivity index (χ4v) is 2.38. The van der Waals surface area contributed by atoms with Gasteiger partial charge in [-0.15, -0.1) is 0 Å². The summed E-state index contributed by atoms with van der Waals surface area (Å²) in [5.41, 5.74) is 2.24. The standard InChI is InChI=1S/C8H9BrO2/c9-6-3-5-1-2-11-8(10)7(5)4-6/h6H,1-4H2. The van der Waals surface area contributed by atoms with Crippen molar-refractivity contribution in [1.29, 1.82) is 0 Å². The molecule has 2 rings (SSSR count). The summed E-state index contributed by atoms with van der Waals surface area (Å²) in [6, 6.07) is 0.